The minimum Gasteiger partial charge on any atom is -0.382 e. The second-order valence-corrected chi connectivity index (χ2v) is 8.34. The van der Waals surface area contributed by atoms with Crippen molar-refractivity contribution < 1.29 is 4.79 Å². The van der Waals surface area contributed by atoms with Crippen LogP contribution in [0.15, 0.2) is 42.9 Å². The molecule has 178 valence electrons. The van der Waals surface area contributed by atoms with Crippen LogP contribution in [0, 0.1) is 11.3 Å². The average Bonchev–Trinajstić information content (AvgIpc) is 3.53. The molecule has 1 atom stereocenters. The van der Waals surface area contributed by atoms with Gasteiger partial charge in [-0.25, -0.2) is 19.9 Å². The zero-order valence-electron chi connectivity index (χ0n) is 19.1. The molecule has 13 heteroatoms. The predicted molar refractivity (Wildman–Crippen MR) is 131 cm³/mol. The zero-order valence-corrected chi connectivity index (χ0v) is 19.8. The van der Waals surface area contributed by atoms with Gasteiger partial charge >= 0.3 is 0 Å². The molecular formula is C23H18ClN11O. The van der Waals surface area contributed by atoms with E-state index in [9.17, 15) is 4.79 Å². The normalized spacial score (nSPS) is 11.8. The molecule has 0 aliphatic rings. The van der Waals surface area contributed by atoms with Gasteiger partial charge in [0.05, 0.1) is 28.5 Å². The lowest BCUT2D eigenvalue weighted by molar-refractivity contribution is 0.0934. The third kappa shape index (κ3) is 4.19. The number of carbonyl (C=O) groups is 1. The lowest BCUT2D eigenvalue weighted by Gasteiger charge is -2.15. The highest BCUT2D eigenvalue weighted by atomic mass is 35.5. The summed E-state index contributed by atoms with van der Waals surface area (Å²) in [6, 6.07) is 8.12. The second-order valence-electron chi connectivity index (χ2n) is 7.93. The highest BCUT2D eigenvalue weighted by Gasteiger charge is 2.24. The van der Waals surface area contributed by atoms with Gasteiger partial charge in [0.25, 0.3) is 5.91 Å². The number of hydrogen-bond acceptors (Lipinski definition) is 9. The number of carbonyl (C=O) groups excluding carboxylic acids is 1. The number of rotatable bonds is 5. The van der Waals surface area contributed by atoms with Crippen LogP contribution in [0.5, 0.6) is 0 Å². The first kappa shape index (κ1) is 22.9. The van der Waals surface area contributed by atoms with E-state index in [1.54, 1.807) is 43.2 Å². The van der Waals surface area contributed by atoms with Gasteiger partial charge in [-0.2, -0.15) is 15.5 Å². The fourth-order valence-corrected chi connectivity index (χ4v) is 3.93. The molecule has 12 nitrogen and oxygen atoms in total. The van der Waals surface area contributed by atoms with E-state index >= 15 is 0 Å². The molecule has 4 heterocycles. The molecule has 0 radical (unpaired) electrons. The fourth-order valence-electron chi connectivity index (χ4n) is 3.66. The standard InChI is InChI=1S/C23H18ClN11O/c1-11(22-27-5-3-14(9-25)30-22)29-23(36)20-21(26)32-19(16-4-6-35(2)34-16)18(31-20)12-7-13-10-28-33-17(13)15(24)8-12/h3-8,10-11H,1-2H3,(H2,26,32)(H,28,33)(H,29,36). The number of nitriles is 1. The number of aromatic amines is 1. The number of nitrogens with two attached hydrogens (primary N) is 1. The van der Waals surface area contributed by atoms with Gasteiger partial charge in [0, 0.05) is 30.4 Å². The van der Waals surface area contributed by atoms with Crippen molar-refractivity contribution in [1.29, 1.82) is 5.26 Å². The summed E-state index contributed by atoms with van der Waals surface area (Å²) < 4.78 is 1.63. The maximum Gasteiger partial charge on any atom is 0.274 e. The molecule has 0 saturated carbocycles. The Morgan fingerprint density at radius 3 is 2.83 bits per heavy atom. The van der Waals surface area contributed by atoms with Crippen LogP contribution >= 0.6 is 11.6 Å². The first-order chi connectivity index (χ1) is 17.3. The summed E-state index contributed by atoms with van der Waals surface area (Å²) in [4.78, 5) is 30.6. The molecule has 4 aromatic heterocycles. The number of aryl methyl sites for hydroxylation is 1. The summed E-state index contributed by atoms with van der Waals surface area (Å²) in [5.41, 5.74) is 8.86. The van der Waals surface area contributed by atoms with E-state index in [0.717, 1.165) is 5.39 Å². The van der Waals surface area contributed by atoms with Crippen LogP contribution in [0.1, 0.15) is 35.0 Å². The molecule has 1 unspecified atom stereocenters. The van der Waals surface area contributed by atoms with E-state index in [1.165, 1.54) is 12.3 Å². The van der Waals surface area contributed by atoms with Gasteiger partial charge in [0.2, 0.25) is 0 Å². The summed E-state index contributed by atoms with van der Waals surface area (Å²) in [7, 11) is 1.78. The molecular weight excluding hydrogens is 482 g/mol. The van der Waals surface area contributed by atoms with E-state index in [0.29, 0.717) is 33.2 Å². The summed E-state index contributed by atoms with van der Waals surface area (Å²) in [6.07, 6.45) is 4.86. The molecule has 0 spiro atoms. The molecule has 5 rings (SSSR count). The van der Waals surface area contributed by atoms with Crippen LogP contribution in [0.3, 0.4) is 0 Å². The van der Waals surface area contributed by atoms with E-state index in [-0.39, 0.29) is 23.0 Å². The van der Waals surface area contributed by atoms with Crippen molar-refractivity contribution in [2.24, 2.45) is 7.05 Å². The molecule has 36 heavy (non-hydrogen) atoms. The Hall–Kier alpha value is -4.89. The first-order valence-corrected chi connectivity index (χ1v) is 11.1. The van der Waals surface area contributed by atoms with Crippen LogP contribution in [0.4, 0.5) is 5.82 Å². The molecule has 0 bridgehead atoms. The van der Waals surface area contributed by atoms with Crippen LogP contribution in [0.2, 0.25) is 5.02 Å². The monoisotopic (exact) mass is 499 g/mol. The highest BCUT2D eigenvalue weighted by Crippen LogP contribution is 2.34. The van der Waals surface area contributed by atoms with Gasteiger partial charge in [-0.15, -0.1) is 0 Å². The van der Waals surface area contributed by atoms with Crippen molar-refractivity contribution in [2.45, 2.75) is 13.0 Å². The molecule has 0 aliphatic carbocycles. The summed E-state index contributed by atoms with van der Waals surface area (Å²) in [6.45, 7) is 1.69. The molecule has 0 fully saturated rings. The number of nitrogens with one attached hydrogen (secondary N) is 2. The molecule has 0 saturated heterocycles. The Morgan fingerprint density at radius 2 is 2.08 bits per heavy atom. The minimum atomic E-state index is -0.623. The largest absolute Gasteiger partial charge is 0.382 e. The Morgan fingerprint density at radius 1 is 1.25 bits per heavy atom. The van der Waals surface area contributed by atoms with Crippen LogP contribution in [-0.4, -0.2) is 45.8 Å². The Labute approximate surface area is 209 Å². The van der Waals surface area contributed by atoms with Crippen molar-refractivity contribution in [3.8, 4) is 28.7 Å². The number of nitrogen functional groups attached to an aromatic ring is 1. The number of aromatic nitrogens is 8. The second kappa shape index (κ2) is 9.05. The number of hydrogen-bond donors (Lipinski definition) is 3. The minimum absolute atomic E-state index is 0.0775. The summed E-state index contributed by atoms with van der Waals surface area (Å²) in [5.74, 6) is -0.384. The lowest BCUT2D eigenvalue weighted by atomic mass is 10.1. The van der Waals surface area contributed by atoms with E-state index in [2.05, 4.69) is 40.5 Å². The van der Waals surface area contributed by atoms with Gasteiger partial charge in [0.1, 0.15) is 23.2 Å². The van der Waals surface area contributed by atoms with Gasteiger partial charge in [-0.1, -0.05) is 11.6 Å². The number of amides is 1. The number of H-pyrrole nitrogens is 1. The van der Waals surface area contributed by atoms with Crippen molar-refractivity contribution >= 4 is 34.2 Å². The fraction of sp³-hybridized carbons (Fsp3) is 0.130. The third-order valence-corrected chi connectivity index (χ3v) is 5.69. The van der Waals surface area contributed by atoms with Crippen LogP contribution < -0.4 is 11.1 Å². The van der Waals surface area contributed by atoms with Crippen molar-refractivity contribution in [2.75, 3.05) is 5.73 Å². The maximum absolute atomic E-state index is 13.2. The molecule has 0 aliphatic heterocycles. The Bertz CT molecular complexity index is 1670. The number of anilines is 1. The smallest absolute Gasteiger partial charge is 0.274 e. The van der Waals surface area contributed by atoms with Gasteiger partial charge in [-0.05, 0) is 31.2 Å². The number of benzene rings is 1. The average molecular weight is 500 g/mol. The van der Waals surface area contributed by atoms with Gasteiger partial charge in [0.15, 0.2) is 17.3 Å². The highest BCUT2D eigenvalue weighted by molar-refractivity contribution is 6.35. The number of halogens is 1. The number of fused-ring (bicyclic) bond motifs is 1. The summed E-state index contributed by atoms with van der Waals surface area (Å²) >= 11 is 6.47. The Balaban J connectivity index is 1.59. The first-order valence-electron chi connectivity index (χ1n) is 10.7. The lowest BCUT2D eigenvalue weighted by Crippen LogP contribution is -2.30. The van der Waals surface area contributed by atoms with Gasteiger partial charge < -0.3 is 11.1 Å². The van der Waals surface area contributed by atoms with E-state index in [4.69, 9.17) is 22.6 Å². The molecule has 1 amide bonds. The quantitative estimate of drug-likeness (QED) is 0.328. The molecule has 4 N–H and O–H groups in total. The van der Waals surface area contributed by atoms with Crippen molar-refractivity contribution in [3.05, 3.63) is 65.1 Å². The predicted octanol–water partition coefficient (Wildman–Crippen LogP) is 2.81. The zero-order chi connectivity index (χ0) is 25.4. The van der Waals surface area contributed by atoms with Crippen LogP contribution in [-0.2, 0) is 7.05 Å². The number of nitrogens with zero attached hydrogens (tertiary/aromatic N) is 8. The van der Waals surface area contributed by atoms with E-state index in [1.807, 2.05) is 12.1 Å². The topological polar surface area (TPSA) is 177 Å². The molecule has 1 aromatic carbocycles. The van der Waals surface area contributed by atoms with Gasteiger partial charge in [-0.3, -0.25) is 14.6 Å². The maximum atomic E-state index is 13.2. The van der Waals surface area contributed by atoms with Crippen molar-refractivity contribution in [3.63, 3.8) is 0 Å². The third-order valence-electron chi connectivity index (χ3n) is 5.39. The van der Waals surface area contributed by atoms with E-state index < -0.39 is 11.9 Å². The van der Waals surface area contributed by atoms with Crippen molar-refractivity contribution in [1.82, 2.24) is 45.2 Å². The van der Waals surface area contributed by atoms with Crippen LogP contribution in [0.25, 0.3) is 33.5 Å². The molecule has 5 aromatic rings. The summed E-state index contributed by atoms with van der Waals surface area (Å²) in [5, 5.41) is 24.4. The SMILES string of the molecule is CC(NC(=O)c1nc(-c2cc(Cl)c3[nH]ncc3c2)c(-c2ccn(C)n2)nc1N)c1nccc(C#N)n1. The Kier molecular flexibility index (Phi) is 5.75.